The fourth-order valence-corrected chi connectivity index (χ4v) is 2.36. The van der Waals surface area contributed by atoms with E-state index in [9.17, 15) is 13.9 Å². The highest BCUT2D eigenvalue weighted by molar-refractivity contribution is 7.12. The van der Waals surface area contributed by atoms with Gasteiger partial charge in [0.05, 0.1) is 0 Å². The Morgan fingerprint density at radius 1 is 1.19 bits per heavy atom. The summed E-state index contributed by atoms with van der Waals surface area (Å²) in [5.74, 6) is -1.37. The molecule has 0 spiro atoms. The molecule has 0 fully saturated rings. The third-order valence-electron chi connectivity index (χ3n) is 2.29. The highest BCUT2D eigenvalue weighted by Crippen LogP contribution is 2.29. The number of hydrogen-bond acceptors (Lipinski definition) is 2. The van der Waals surface area contributed by atoms with Gasteiger partial charge in [-0.2, -0.15) is 0 Å². The quantitative estimate of drug-likeness (QED) is 0.852. The zero-order valence-corrected chi connectivity index (χ0v) is 9.39. The van der Waals surface area contributed by atoms with Crippen LogP contribution in [0, 0.1) is 18.6 Å². The van der Waals surface area contributed by atoms with E-state index in [0.717, 1.165) is 17.0 Å². The van der Waals surface area contributed by atoms with Crippen LogP contribution < -0.4 is 0 Å². The van der Waals surface area contributed by atoms with E-state index in [1.54, 1.807) is 6.07 Å². The predicted octanol–water partition coefficient (Wildman–Crippen LogP) is 3.42. The minimum Gasteiger partial charge on any atom is -0.383 e. The van der Waals surface area contributed by atoms with Crippen molar-refractivity contribution in [1.29, 1.82) is 0 Å². The van der Waals surface area contributed by atoms with Gasteiger partial charge in [0.15, 0.2) is 0 Å². The average molecular weight is 240 g/mol. The van der Waals surface area contributed by atoms with Gasteiger partial charge in [0, 0.05) is 21.4 Å². The molecular weight excluding hydrogens is 230 g/mol. The second kappa shape index (κ2) is 4.31. The van der Waals surface area contributed by atoms with Gasteiger partial charge in [0.25, 0.3) is 0 Å². The molecule has 1 N–H and O–H groups in total. The van der Waals surface area contributed by atoms with Crippen LogP contribution in [0.3, 0.4) is 0 Å². The molecule has 2 rings (SSSR count). The second-order valence-corrected chi connectivity index (χ2v) is 4.84. The Morgan fingerprint density at radius 2 is 1.94 bits per heavy atom. The van der Waals surface area contributed by atoms with Crippen LogP contribution in [0.25, 0.3) is 0 Å². The van der Waals surface area contributed by atoms with Gasteiger partial charge in [0.2, 0.25) is 0 Å². The SMILES string of the molecule is Cc1ccc(C(O)c2ccc(F)cc2F)s1. The van der Waals surface area contributed by atoms with Gasteiger partial charge in [-0.05, 0) is 25.1 Å². The molecule has 1 nitrogen and oxygen atoms in total. The molecule has 0 amide bonds. The summed E-state index contributed by atoms with van der Waals surface area (Å²) < 4.78 is 26.1. The second-order valence-electron chi connectivity index (χ2n) is 3.52. The maximum atomic E-state index is 13.4. The summed E-state index contributed by atoms with van der Waals surface area (Å²) in [5.41, 5.74) is 0.100. The van der Waals surface area contributed by atoms with Crippen LogP contribution in [0.4, 0.5) is 8.78 Å². The van der Waals surface area contributed by atoms with Crippen molar-refractivity contribution in [2.75, 3.05) is 0 Å². The topological polar surface area (TPSA) is 20.2 Å². The average Bonchev–Trinajstić information content (AvgIpc) is 2.64. The van der Waals surface area contributed by atoms with E-state index < -0.39 is 17.7 Å². The van der Waals surface area contributed by atoms with Crippen molar-refractivity contribution in [3.05, 3.63) is 57.3 Å². The molecule has 0 aliphatic carbocycles. The molecule has 0 aliphatic heterocycles. The van der Waals surface area contributed by atoms with Crippen molar-refractivity contribution in [2.24, 2.45) is 0 Å². The Morgan fingerprint density at radius 3 is 2.50 bits per heavy atom. The van der Waals surface area contributed by atoms with Crippen LogP contribution >= 0.6 is 11.3 Å². The van der Waals surface area contributed by atoms with Gasteiger partial charge >= 0.3 is 0 Å². The van der Waals surface area contributed by atoms with Gasteiger partial charge in [0.1, 0.15) is 17.7 Å². The molecule has 0 bridgehead atoms. The van der Waals surface area contributed by atoms with Crippen molar-refractivity contribution in [1.82, 2.24) is 0 Å². The van der Waals surface area contributed by atoms with E-state index in [-0.39, 0.29) is 5.56 Å². The molecule has 1 aromatic carbocycles. The summed E-state index contributed by atoms with van der Waals surface area (Å²) in [7, 11) is 0. The number of hydrogen-bond donors (Lipinski definition) is 1. The van der Waals surface area contributed by atoms with Gasteiger partial charge < -0.3 is 5.11 Å². The lowest BCUT2D eigenvalue weighted by Crippen LogP contribution is -2.00. The summed E-state index contributed by atoms with van der Waals surface area (Å²) >= 11 is 1.39. The Bertz CT molecular complexity index is 507. The number of rotatable bonds is 2. The van der Waals surface area contributed by atoms with Crippen LogP contribution in [0.2, 0.25) is 0 Å². The molecule has 0 radical (unpaired) electrons. The molecule has 1 unspecified atom stereocenters. The third-order valence-corrected chi connectivity index (χ3v) is 3.34. The molecule has 0 saturated heterocycles. The smallest absolute Gasteiger partial charge is 0.132 e. The number of thiophene rings is 1. The van der Waals surface area contributed by atoms with Crippen LogP contribution in [-0.4, -0.2) is 5.11 Å². The molecule has 84 valence electrons. The summed E-state index contributed by atoms with van der Waals surface area (Å²) in [6, 6.07) is 6.78. The molecule has 2 aromatic rings. The normalized spacial score (nSPS) is 12.8. The largest absolute Gasteiger partial charge is 0.383 e. The maximum Gasteiger partial charge on any atom is 0.132 e. The zero-order chi connectivity index (χ0) is 11.7. The third kappa shape index (κ3) is 2.13. The number of halogens is 2. The number of aliphatic hydroxyl groups excluding tert-OH is 1. The van der Waals surface area contributed by atoms with Crippen LogP contribution in [0.15, 0.2) is 30.3 Å². The lowest BCUT2D eigenvalue weighted by Gasteiger charge is -2.09. The van der Waals surface area contributed by atoms with Gasteiger partial charge in [-0.1, -0.05) is 6.07 Å². The molecule has 1 atom stereocenters. The standard InChI is InChI=1S/C12H10F2OS/c1-7-2-5-11(16-7)12(15)9-4-3-8(13)6-10(9)14/h2-6,12,15H,1H3. The molecule has 1 aromatic heterocycles. The molecule has 4 heteroatoms. The molecule has 0 saturated carbocycles. The van der Waals surface area contributed by atoms with Crippen molar-refractivity contribution in [3.63, 3.8) is 0 Å². The first-order chi connectivity index (χ1) is 7.58. The summed E-state index contributed by atoms with van der Waals surface area (Å²) in [4.78, 5) is 1.69. The van der Waals surface area contributed by atoms with Crippen molar-refractivity contribution in [2.45, 2.75) is 13.0 Å². The Hall–Kier alpha value is -1.26. The number of aryl methyl sites for hydroxylation is 1. The van der Waals surface area contributed by atoms with Crippen molar-refractivity contribution >= 4 is 11.3 Å². The maximum absolute atomic E-state index is 13.4. The molecule has 16 heavy (non-hydrogen) atoms. The predicted molar refractivity (Wildman–Crippen MR) is 59.5 cm³/mol. The molecule has 0 aliphatic rings. The fraction of sp³-hybridized carbons (Fsp3) is 0.167. The summed E-state index contributed by atoms with van der Waals surface area (Å²) in [5, 5.41) is 9.92. The van der Waals surface area contributed by atoms with Gasteiger partial charge in [-0.25, -0.2) is 8.78 Å². The number of benzene rings is 1. The lowest BCUT2D eigenvalue weighted by atomic mass is 10.1. The minimum atomic E-state index is -1.03. The first-order valence-corrected chi connectivity index (χ1v) is 5.59. The molecular formula is C12H10F2OS. The zero-order valence-electron chi connectivity index (χ0n) is 8.58. The Kier molecular flexibility index (Phi) is 3.03. The lowest BCUT2D eigenvalue weighted by molar-refractivity contribution is 0.218. The van der Waals surface area contributed by atoms with Crippen LogP contribution in [0.5, 0.6) is 0 Å². The fourth-order valence-electron chi connectivity index (χ4n) is 1.48. The minimum absolute atomic E-state index is 0.100. The molecule has 1 heterocycles. The van der Waals surface area contributed by atoms with Crippen molar-refractivity contribution < 1.29 is 13.9 Å². The van der Waals surface area contributed by atoms with E-state index in [1.165, 1.54) is 17.4 Å². The Balaban J connectivity index is 2.37. The van der Waals surface area contributed by atoms with Crippen molar-refractivity contribution in [3.8, 4) is 0 Å². The van der Waals surface area contributed by atoms with E-state index >= 15 is 0 Å². The van der Waals surface area contributed by atoms with Gasteiger partial charge in [-0.3, -0.25) is 0 Å². The number of aliphatic hydroxyl groups is 1. The van der Waals surface area contributed by atoms with E-state index in [1.807, 2.05) is 13.0 Å². The first kappa shape index (κ1) is 11.2. The van der Waals surface area contributed by atoms with Crippen LogP contribution in [-0.2, 0) is 0 Å². The van der Waals surface area contributed by atoms with E-state index in [2.05, 4.69) is 0 Å². The summed E-state index contributed by atoms with van der Waals surface area (Å²) in [6.07, 6.45) is -1.03. The monoisotopic (exact) mass is 240 g/mol. The highest BCUT2D eigenvalue weighted by atomic mass is 32.1. The first-order valence-electron chi connectivity index (χ1n) is 4.77. The van der Waals surface area contributed by atoms with Gasteiger partial charge in [-0.15, -0.1) is 11.3 Å². The summed E-state index contributed by atoms with van der Waals surface area (Å²) in [6.45, 7) is 1.90. The Labute approximate surface area is 96.0 Å². The van der Waals surface area contributed by atoms with E-state index in [0.29, 0.717) is 4.88 Å². The highest BCUT2D eigenvalue weighted by Gasteiger charge is 2.16. The van der Waals surface area contributed by atoms with E-state index in [4.69, 9.17) is 0 Å². The van der Waals surface area contributed by atoms with Crippen LogP contribution in [0.1, 0.15) is 21.4 Å².